The average molecular weight is 667 g/mol. The molecule has 0 radical (unpaired) electrons. The summed E-state index contributed by atoms with van der Waals surface area (Å²) in [4.78, 5) is 45.1. The zero-order valence-electron chi connectivity index (χ0n) is 27.0. The zero-order chi connectivity index (χ0) is 33.0. The highest BCUT2D eigenvalue weighted by Gasteiger charge is 2.42. The predicted molar refractivity (Wildman–Crippen MR) is 183 cm³/mol. The van der Waals surface area contributed by atoms with E-state index in [1.54, 1.807) is 71.6 Å². The van der Waals surface area contributed by atoms with Gasteiger partial charge in [-0.05, 0) is 83.2 Å². The van der Waals surface area contributed by atoms with Gasteiger partial charge in [0.2, 0.25) is 5.91 Å². The van der Waals surface area contributed by atoms with E-state index in [1.165, 1.54) is 11.0 Å². The number of carbonyl (C=O) groups is 3. The molecule has 250 valence electrons. The maximum atomic E-state index is 15.7. The van der Waals surface area contributed by atoms with Crippen LogP contribution in [0.2, 0.25) is 0 Å². The fourth-order valence-electron chi connectivity index (χ4n) is 5.91. The van der Waals surface area contributed by atoms with Gasteiger partial charge in [0.05, 0.1) is 17.4 Å². The highest BCUT2D eigenvalue weighted by Crippen LogP contribution is 2.43. The number of piperidine rings is 1. The van der Waals surface area contributed by atoms with Crippen molar-refractivity contribution < 1.29 is 27.9 Å². The Morgan fingerprint density at radius 2 is 1.57 bits per heavy atom. The summed E-state index contributed by atoms with van der Waals surface area (Å²) < 4.78 is 37.2. The number of fused-ring (bicyclic) bond motifs is 1. The molecule has 2 aliphatic rings. The fourth-order valence-corrected chi connectivity index (χ4v) is 5.91. The van der Waals surface area contributed by atoms with E-state index < -0.39 is 24.2 Å². The SMILES string of the molecule is CC(C)Oc1ccccc1C(=O)Nc1ccc(C(=O)N2CCC(F)(F)/C(=C\C(=O)N3CCC(N(C)C)CC3)c3ccccc32)cc1.Cl. The monoisotopic (exact) mass is 666 g/mol. The van der Waals surface area contributed by atoms with Gasteiger partial charge in [-0.15, -0.1) is 12.4 Å². The molecule has 47 heavy (non-hydrogen) atoms. The van der Waals surface area contributed by atoms with Crippen molar-refractivity contribution in [2.24, 2.45) is 0 Å². The lowest BCUT2D eigenvalue weighted by atomic mass is 9.96. The molecule has 1 fully saturated rings. The van der Waals surface area contributed by atoms with Gasteiger partial charge in [-0.1, -0.05) is 30.3 Å². The lowest BCUT2D eigenvalue weighted by molar-refractivity contribution is -0.127. The Hall–Kier alpha value is -4.28. The minimum absolute atomic E-state index is 0. The first-order valence-corrected chi connectivity index (χ1v) is 15.6. The molecule has 3 amide bonds. The molecule has 5 rings (SSSR count). The van der Waals surface area contributed by atoms with Crippen LogP contribution in [0.3, 0.4) is 0 Å². The Morgan fingerprint density at radius 3 is 2.23 bits per heavy atom. The summed E-state index contributed by atoms with van der Waals surface area (Å²) in [5.41, 5.74) is 1.20. The number of para-hydroxylation sites is 2. The van der Waals surface area contributed by atoms with E-state index in [-0.39, 0.29) is 47.7 Å². The van der Waals surface area contributed by atoms with Gasteiger partial charge in [0.15, 0.2) is 0 Å². The Labute approximate surface area is 280 Å². The van der Waals surface area contributed by atoms with Crippen LogP contribution in [0, 0.1) is 0 Å². The third-order valence-electron chi connectivity index (χ3n) is 8.43. The number of nitrogens with one attached hydrogen (secondary N) is 1. The van der Waals surface area contributed by atoms with Crippen LogP contribution >= 0.6 is 12.4 Å². The number of benzene rings is 3. The molecule has 0 spiro atoms. The lowest BCUT2D eigenvalue weighted by Crippen LogP contribution is -2.44. The molecule has 2 heterocycles. The number of alkyl halides is 2. The zero-order valence-corrected chi connectivity index (χ0v) is 27.9. The van der Waals surface area contributed by atoms with E-state index >= 15 is 8.78 Å². The van der Waals surface area contributed by atoms with Gasteiger partial charge in [-0.2, -0.15) is 0 Å². The molecule has 2 aliphatic heterocycles. The maximum absolute atomic E-state index is 15.7. The summed E-state index contributed by atoms with van der Waals surface area (Å²) in [6, 6.07) is 20.1. The smallest absolute Gasteiger partial charge is 0.275 e. The molecule has 1 saturated heterocycles. The number of likely N-dealkylation sites (tertiary alicyclic amines) is 1. The molecular formula is C36H41ClF2N4O4. The number of halogens is 3. The first kappa shape index (κ1) is 35.6. The van der Waals surface area contributed by atoms with Crippen LogP contribution in [0.15, 0.2) is 78.9 Å². The first-order chi connectivity index (χ1) is 21.9. The minimum Gasteiger partial charge on any atom is -0.490 e. The van der Waals surface area contributed by atoms with Gasteiger partial charge in [-0.25, -0.2) is 8.78 Å². The summed E-state index contributed by atoms with van der Waals surface area (Å²) in [5, 5.41) is 2.82. The van der Waals surface area contributed by atoms with E-state index in [0.29, 0.717) is 41.8 Å². The van der Waals surface area contributed by atoms with Crippen LogP contribution in [0.1, 0.15) is 59.4 Å². The lowest BCUT2D eigenvalue weighted by Gasteiger charge is -2.35. The molecule has 0 aromatic heterocycles. The van der Waals surface area contributed by atoms with Crippen LogP contribution in [0.4, 0.5) is 20.2 Å². The van der Waals surface area contributed by atoms with E-state index in [0.717, 1.165) is 18.9 Å². The fraction of sp³-hybridized carbons (Fsp3) is 0.361. The van der Waals surface area contributed by atoms with Crippen molar-refractivity contribution in [2.75, 3.05) is 43.9 Å². The largest absolute Gasteiger partial charge is 0.490 e. The highest BCUT2D eigenvalue weighted by molar-refractivity contribution is 6.10. The number of amides is 3. The van der Waals surface area contributed by atoms with Gasteiger partial charge in [0.25, 0.3) is 17.7 Å². The predicted octanol–water partition coefficient (Wildman–Crippen LogP) is 6.77. The molecular weight excluding hydrogens is 626 g/mol. The van der Waals surface area contributed by atoms with Crippen LogP contribution in [-0.2, 0) is 4.79 Å². The molecule has 8 nitrogen and oxygen atoms in total. The van der Waals surface area contributed by atoms with Gasteiger partial charge in [0.1, 0.15) is 5.75 Å². The van der Waals surface area contributed by atoms with Crippen molar-refractivity contribution >= 4 is 47.1 Å². The second kappa shape index (κ2) is 15.1. The standard InChI is InChI=1S/C36H40F2N4O4.ClH/c1-24(2)46-32-12-8-6-10-29(32)34(44)39-26-15-13-25(14-16-26)35(45)42-22-19-36(37,38)30(28-9-5-7-11-31(28)42)23-33(43)41-20-17-27(18-21-41)40(3)4;/h5-16,23-24,27H,17-22H2,1-4H3,(H,39,44);1H/b30-23-;. The van der Waals surface area contributed by atoms with Crippen LogP contribution in [-0.4, -0.2) is 79.3 Å². The summed E-state index contributed by atoms with van der Waals surface area (Å²) in [6.45, 7) is 4.51. The van der Waals surface area contributed by atoms with Crippen molar-refractivity contribution in [3.05, 3.63) is 95.6 Å². The number of hydrogen-bond donors (Lipinski definition) is 1. The molecule has 0 saturated carbocycles. The minimum atomic E-state index is -3.33. The quantitative estimate of drug-likeness (QED) is 0.282. The van der Waals surface area contributed by atoms with Gasteiger partial charge >= 0.3 is 0 Å². The second-order valence-electron chi connectivity index (χ2n) is 12.2. The second-order valence-corrected chi connectivity index (χ2v) is 12.2. The van der Waals surface area contributed by atoms with Crippen molar-refractivity contribution in [1.82, 2.24) is 9.80 Å². The van der Waals surface area contributed by atoms with Gasteiger partial charge in [-0.3, -0.25) is 14.4 Å². The van der Waals surface area contributed by atoms with Crippen molar-refractivity contribution in [3.8, 4) is 5.75 Å². The number of allylic oxidation sites excluding steroid dienone is 1. The third-order valence-corrected chi connectivity index (χ3v) is 8.43. The van der Waals surface area contributed by atoms with Crippen LogP contribution < -0.4 is 15.0 Å². The number of carbonyl (C=O) groups excluding carboxylic acids is 3. The topological polar surface area (TPSA) is 82.2 Å². The van der Waals surface area contributed by atoms with Gasteiger partial charge in [0, 0.05) is 60.6 Å². The summed E-state index contributed by atoms with van der Waals surface area (Å²) in [6.07, 6.45) is 1.87. The van der Waals surface area contributed by atoms with Crippen LogP contribution in [0.5, 0.6) is 5.75 Å². The summed E-state index contributed by atoms with van der Waals surface area (Å²) in [5.74, 6) is -4.14. The number of hydrogen-bond acceptors (Lipinski definition) is 5. The first-order valence-electron chi connectivity index (χ1n) is 15.6. The number of ether oxygens (including phenoxy) is 1. The Bertz CT molecular complexity index is 1620. The van der Waals surface area contributed by atoms with Crippen LogP contribution in [0.25, 0.3) is 5.57 Å². The summed E-state index contributed by atoms with van der Waals surface area (Å²) >= 11 is 0. The van der Waals surface area contributed by atoms with Crippen molar-refractivity contribution in [3.63, 3.8) is 0 Å². The van der Waals surface area contributed by atoms with Crippen molar-refractivity contribution in [2.45, 2.75) is 51.2 Å². The Kier molecular flexibility index (Phi) is 11.4. The maximum Gasteiger partial charge on any atom is 0.275 e. The third kappa shape index (κ3) is 8.18. The van der Waals surface area contributed by atoms with E-state index in [9.17, 15) is 14.4 Å². The molecule has 0 aliphatic carbocycles. The number of anilines is 2. The van der Waals surface area contributed by atoms with E-state index in [1.807, 2.05) is 27.9 Å². The molecule has 0 atom stereocenters. The molecule has 3 aromatic rings. The molecule has 3 aromatic carbocycles. The van der Waals surface area contributed by atoms with E-state index in [4.69, 9.17) is 4.74 Å². The average Bonchev–Trinajstić information content (AvgIpc) is 3.14. The Balaban J connectivity index is 0.00000500. The molecule has 11 heteroatoms. The Morgan fingerprint density at radius 1 is 0.936 bits per heavy atom. The van der Waals surface area contributed by atoms with Gasteiger partial charge < -0.3 is 24.8 Å². The molecule has 1 N–H and O–H groups in total. The number of nitrogens with zero attached hydrogens (tertiary/aromatic N) is 3. The molecule has 0 unspecified atom stereocenters. The van der Waals surface area contributed by atoms with Crippen molar-refractivity contribution in [1.29, 1.82) is 0 Å². The number of rotatable bonds is 7. The summed E-state index contributed by atoms with van der Waals surface area (Å²) in [7, 11) is 3.99. The normalized spacial score (nSPS) is 17.1. The van der Waals surface area contributed by atoms with E-state index in [2.05, 4.69) is 10.2 Å². The highest BCUT2D eigenvalue weighted by atomic mass is 35.5. The molecule has 0 bridgehead atoms.